The van der Waals surface area contributed by atoms with Gasteiger partial charge in [0.25, 0.3) is 0 Å². The summed E-state index contributed by atoms with van der Waals surface area (Å²) in [5.41, 5.74) is 2.75. The van der Waals surface area contributed by atoms with Crippen LogP contribution in [0.25, 0.3) is 0 Å². The maximum atomic E-state index is 3.57. The van der Waals surface area contributed by atoms with Gasteiger partial charge in [0, 0.05) is 37.2 Å². The number of aryl methyl sites for hydroxylation is 1. The number of hydrogen-bond acceptors (Lipinski definition) is 2. The van der Waals surface area contributed by atoms with Gasteiger partial charge in [-0.2, -0.15) is 0 Å². The molecular weight excluding hydrogens is 276 g/mol. The Morgan fingerprint density at radius 3 is 2.29 bits per heavy atom. The Bertz CT molecular complexity index is 350. The van der Waals surface area contributed by atoms with E-state index in [1.54, 1.807) is 0 Å². The second kappa shape index (κ2) is 5.98. The predicted molar refractivity (Wildman–Crippen MR) is 76.3 cm³/mol. The molecule has 0 spiro atoms. The standard InChI is InChI=1S/C14H21BrN2/c1-3-16-4-6-17(7-5-16)11-13-8-12(2)9-14(15)10-13/h8-10H,3-7,11H2,1-2H3. The van der Waals surface area contributed by atoms with Gasteiger partial charge >= 0.3 is 0 Å². The highest BCUT2D eigenvalue weighted by molar-refractivity contribution is 9.10. The molecule has 1 aliphatic rings. The van der Waals surface area contributed by atoms with E-state index in [9.17, 15) is 0 Å². The molecule has 2 rings (SSSR count). The zero-order valence-corrected chi connectivity index (χ0v) is 12.3. The van der Waals surface area contributed by atoms with Crippen LogP contribution in [0.3, 0.4) is 0 Å². The van der Waals surface area contributed by atoms with E-state index < -0.39 is 0 Å². The first kappa shape index (κ1) is 13.1. The quantitative estimate of drug-likeness (QED) is 0.846. The van der Waals surface area contributed by atoms with Crippen molar-refractivity contribution >= 4 is 15.9 Å². The Hall–Kier alpha value is -0.380. The van der Waals surface area contributed by atoms with Crippen molar-refractivity contribution in [2.24, 2.45) is 0 Å². The van der Waals surface area contributed by atoms with Gasteiger partial charge in [0.15, 0.2) is 0 Å². The minimum Gasteiger partial charge on any atom is -0.301 e. The third-order valence-electron chi connectivity index (χ3n) is 3.42. The molecule has 0 saturated carbocycles. The van der Waals surface area contributed by atoms with E-state index in [-0.39, 0.29) is 0 Å². The second-order valence-corrected chi connectivity index (χ2v) is 5.76. The van der Waals surface area contributed by atoms with Gasteiger partial charge in [-0.1, -0.05) is 28.9 Å². The van der Waals surface area contributed by atoms with E-state index in [4.69, 9.17) is 0 Å². The first-order valence-corrected chi connectivity index (χ1v) is 7.17. The number of nitrogens with zero attached hydrogens (tertiary/aromatic N) is 2. The molecule has 1 aromatic carbocycles. The molecule has 2 nitrogen and oxygen atoms in total. The molecule has 0 amide bonds. The van der Waals surface area contributed by atoms with E-state index in [0.717, 1.165) is 6.54 Å². The first-order chi connectivity index (χ1) is 8.17. The molecule has 0 N–H and O–H groups in total. The van der Waals surface area contributed by atoms with Crippen molar-refractivity contribution in [1.29, 1.82) is 0 Å². The summed E-state index contributed by atoms with van der Waals surface area (Å²) in [5.74, 6) is 0. The number of piperazine rings is 1. The summed E-state index contributed by atoms with van der Waals surface area (Å²) in [6, 6.07) is 6.69. The van der Waals surface area contributed by atoms with Crippen molar-refractivity contribution in [1.82, 2.24) is 9.80 Å². The topological polar surface area (TPSA) is 6.48 Å². The van der Waals surface area contributed by atoms with Gasteiger partial charge in [-0.25, -0.2) is 0 Å². The normalized spacial score (nSPS) is 18.5. The summed E-state index contributed by atoms with van der Waals surface area (Å²) in [5, 5.41) is 0. The van der Waals surface area contributed by atoms with Crippen LogP contribution in [-0.4, -0.2) is 42.5 Å². The van der Waals surface area contributed by atoms with Crippen LogP contribution in [-0.2, 0) is 6.54 Å². The minimum atomic E-state index is 1.08. The summed E-state index contributed by atoms with van der Waals surface area (Å²) in [6.45, 7) is 11.5. The van der Waals surface area contributed by atoms with Gasteiger partial charge in [0.2, 0.25) is 0 Å². The lowest BCUT2D eigenvalue weighted by atomic mass is 10.1. The van der Waals surface area contributed by atoms with Crippen LogP contribution < -0.4 is 0 Å². The zero-order chi connectivity index (χ0) is 12.3. The number of halogens is 1. The van der Waals surface area contributed by atoms with Crippen LogP contribution in [0.4, 0.5) is 0 Å². The van der Waals surface area contributed by atoms with Crippen molar-refractivity contribution in [2.45, 2.75) is 20.4 Å². The van der Waals surface area contributed by atoms with Gasteiger partial charge < -0.3 is 4.90 Å². The molecule has 0 aromatic heterocycles. The average Bonchev–Trinajstić information content (AvgIpc) is 2.28. The van der Waals surface area contributed by atoms with E-state index >= 15 is 0 Å². The number of hydrogen-bond donors (Lipinski definition) is 0. The average molecular weight is 297 g/mol. The molecule has 1 aliphatic heterocycles. The number of rotatable bonds is 3. The van der Waals surface area contributed by atoms with Crippen LogP contribution in [0.5, 0.6) is 0 Å². The Kier molecular flexibility index (Phi) is 4.60. The molecule has 0 bridgehead atoms. The largest absolute Gasteiger partial charge is 0.301 e. The highest BCUT2D eigenvalue weighted by Gasteiger charge is 2.15. The Morgan fingerprint density at radius 2 is 1.71 bits per heavy atom. The number of likely N-dealkylation sites (N-methyl/N-ethyl adjacent to an activating group) is 1. The third kappa shape index (κ3) is 3.80. The van der Waals surface area contributed by atoms with Gasteiger partial charge in [-0.15, -0.1) is 0 Å². The molecule has 1 aromatic rings. The van der Waals surface area contributed by atoms with E-state index in [2.05, 4.69) is 57.8 Å². The molecule has 17 heavy (non-hydrogen) atoms. The first-order valence-electron chi connectivity index (χ1n) is 6.38. The molecule has 1 saturated heterocycles. The van der Waals surface area contributed by atoms with Crippen LogP contribution in [0.1, 0.15) is 18.1 Å². The van der Waals surface area contributed by atoms with E-state index in [0.29, 0.717) is 0 Å². The second-order valence-electron chi connectivity index (χ2n) is 4.85. The molecule has 1 fully saturated rings. The molecular formula is C14H21BrN2. The maximum absolute atomic E-state index is 3.57. The van der Waals surface area contributed by atoms with Gasteiger partial charge in [-0.3, -0.25) is 4.90 Å². The van der Waals surface area contributed by atoms with Gasteiger partial charge in [0.05, 0.1) is 0 Å². The lowest BCUT2D eigenvalue weighted by molar-refractivity contribution is 0.132. The molecule has 0 atom stereocenters. The van der Waals surface area contributed by atoms with E-state index in [1.807, 2.05) is 0 Å². The smallest absolute Gasteiger partial charge is 0.0235 e. The zero-order valence-electron chi connectivity index (χ0n) is 10.7. The molecule has 0 unspecified atom stereocenters. The van der Waals surface area contributed by atoms with Gasteiger partial charge in [-0.05, 0) is 36.7 Å². The summed E-state index contributed by atoms with van der Waals surface area (Å²) in [6.07, 6.45) is 0. The minimum absolute atomic E-state index is 1.08. The predicted octanol–water partition coefficient (Wildman–Crippen LogP) is 2.90. The summed E-state index contributed by atoms with van der Waals surface area (Å²) >= 11 is 3.57. The van der Waals surface area contributed by atoms with Crippen LogP contribution in [0, 0.1) is 6.92 Å². The monoisotopic (exact) mass is 296 g/mol. The molecule has 94 valence electrons. The van der Waals surface area contributed by atoms with Gasteiger partial charge in [0.1, 0.15) is 0 Å². The summed E-state index contributed by atoms with van der Waals surface area (Å²) in [4.78, 5) is 5.07. The number of benzene rings is 1. The van der Waals surface area contributed by atoms with E-state index in [1.165, 1.54) is 48.3 Å². The van der Waals surface area contributed by atoms with Crippen molar-refractivity contribution in [2.75, 3.05) is 32.7 Å². The van der Waals surface area contributed by atoms with Crippen molar-refractivity contribution in [3.8, 4) is 0 Å². The van der Waals surface area contributed by atoms with Crippen molar-refractivity contribution < 1.29 is 0 Å². The molecule has 0 aliphatic carbocycles. The fraction of sp³-hybridized carbons (Fsp3) is 0.571. The SMILES string of the molecule is CCN1CCN(Cc2cc(C)cc(Br)c2)CC1. The van der Waals surface area contributed by atoms with Crippen LogP contribution >= 0.6 is 15.9 Å². The Balaban J connectivity index is 1.93. The molecule has 0 radical (unpaired) electrons. The van der Waals surface area contributed by atoms with Crippen LogP contribution in [0.15, 0.2) is 22.7 Å². The maximum Gasteiger partial charge on any atom is 0.0235 e. The Labute approximate surface area is 113 Å². The fourth-order valence-electron chi connectivity index (χ4n) is 2.43. The third-order valence-corrected chi connectivity index (χ3v) is 3.88. The highest BCUT2D eigenvalue weighted by atomic mass is 79.9. The van der Waals surface area contributed by atoms with Crippen LogP contribution in [0.2, 0.25) is 0 Å². The summed E-state index contributed by atoms with van der Waals surface area (Å²) < 4.78 is 1.19. The fourth-order valence-corrected chi connectivity index (χ4v) is 3.08. The molecule has 3 heteroatoms. The van der Waals surface area contributed by atoms with Crippen molar-refractivity contribution in [3.05, 3.63) is 33.8 Å². The Morgan fingerprint density at radius 1 is 1.06 bits per heavy atom. The lowest BCUT2D eigenvalue weighted by Gasteiger charge is -2.34. The summed E-state index contributed by atoms with van der Waals surface area (Å²) in [7, 11) is 0. The lowest BCUT2D eigenvalue weighted by Crippen LogP contribution is -2.45. The highest BCUT2D eigenvalue weighted by Crippen LogP contribution is 2.17. The van der Waals surface area contributed by atoms with Crippen molar-refractivity contribution in [3.63, 3.8) is 0 Å². The molecule has 1 heterocycles.